The maximum atomic E-state index is 12.4. The molecule has 32 heavy (non-hydrogen) atoms. The van der Waals surface area contributed by atoms with Crippen LogP contribution in [0.2, 0.25) is 0 Å². The van der Waals surface area contributed by atoms with E-state index >= 15 is 0 Å². The van der Waals surface area contributed by atoms with Crippen LogP contribution in [0.4, 0.5) is 17.8 Å². The molecule has 1 unspecified atom stereocenters. The van der Waals surface area contributed by atoms with Gasteiger partial charge in [0.15, 0.2) is 0 Å². The largest absolute Gasteiger partial charge is 0.369 e. The summed E-state index contributed by atoms with van der Waals surface area (Å²) >= 11 is 0. The van der Waals surface area contributed by atoms with Gasteiger partial charge in [0.1, 0.15) is 6.04 Å². The standard InChI is InChI=1S/C22H30N8O2/c23-18(31)16-9-12-30(13-10-16)22-28-20(25-14-15-6-2-1-3-7-15)27-21(29-22)26-17-8-4-5-11-24-19(17)32/h1-3,6-7,16-17H,4-5,8-14H2,(H2,23,31)(H,24,32)(H2,25,26,27,28,29). The molecule has 2 aliphatic rings. The fourth-order valence-electron chi connectivity index (χ4n) is 4.02. The summed E-state index contributed by atoms with van der Waals surface area (Å²) in [5.74, 6) is 0.917. The van der Waals surface area contributed by atoms with Gasteiger partial charge in [-0.05, 0) is 37.7 Å². The van der Waals surface area contributed by atoms with E-state index in [9.17, 15) is 9.59 Å². The van der Waals surface area contributed by atoms with Crippen LogP contribution < -0.4 is 26.6 Å². The molecule has 0 radical (unpaired) electrons. The first-order valence-corrected chi connectivity index (χ1v) is 11.2. The number of primary amides is 1. The van der Waals surface area contributed by atoms with Gasteiger partial charge >= 0.3 is 0 Å². The van der Waals surface area contributed by atoms with Crippen LogP contribution in [0, 0.1) is 5.92 Å². The van der Waals surface area contributed by atoms with Crippen LogP contribution >= 0.6 is 0 Å². The minimum atomic E-state index is -0.379. The Morgan fingerprint density at radius 2 is 1.81 bits per heavy atom. The van der Waals surface area contributed by atoms with Crippen molar-refractivity contribution in [1.29, 1.82) is 0 Å². The molecule has 1 aromatic carbocycles. The van der Waals surface area contributed by atoms with Crippen molar-refractivity contribution in [3.8, 4) is 0 Å². The van der Waals surface area contributed by atoms with E-state index in [1.165, 1.54) is 0 Å². The molecule has 1 aromatic heterocycles. The molecule has 0 bridgehead atoms. The molecule has 2 aliphatic heterocycles. The zero-order chi connectivity index (χ0) is 22.3. The zero-order valence-electron chi connectivity index (χ0n) is 18.1. The number of hydrogen-bond donors (Lipinski definition) is 4. The van der Waals surface area contributed by atoms with Gasteiger partial charge in [0, 0.05) is 32.1 Å². The van der Waals surface area contributed by atoms with E-state index in [1.54, 1.807) is 0 Å². The molecule has 2 fully saturated rings. The number of nitrogens with two attached hydrogens (primary N) is 1. The summed E-state index contributed by atoms with van der Waals surface area (Å²) in [6.07, 6.45) is 3.98. The molecular formula is C22H30N8O2. The number of hydrogen-bond acceptors (Lipinski definition) is 8. The predicted molar refractivity (Wildman–Crippen MR) is 122 cm³/mol. The summed E-state index contributed by atoms with van der Waals surface area (Å²) in [6, 6.07) is 9.61. The van der Waals surface area contributed by atoms with Crippen molar-refractivity contribution >= 4 is 29.7 Å². The summed E-state index contributed by atoms with van der Waals surface area (Å²) in [6.45, 7) is 2.54. The number of benzene rings is 1. The van der Waals surface area contributed by atoms with Crippen molar-refractivity contribution in [1.82, 2.24) is 20.3 Å². The SMILES string of the molecule is NC(=O)C1CCN(c2nc(NCc3ccccc3)nc(NC3CCCCNC3=O)n2)CC1. The number of anilines is 3. The number of amides is 2. The third-order valence-corrected chi connectivity index (χ3v) is 5.94. The Bertz CT molecular complexity index is 931. The quantitative estimate of drug-likeness (QED) is 0.507. The average molecular weight is 439 g/mol. The van der Waals surface area contributed by atoms with Crippen molar-refractivity contribution in [2.24, 2.45) is 11.7 Å². The first-order chi connectivity index (χ1) is 15.6. The van der Waals surface area contributed by atoms with Crippen LogP contribution in [0.25, 0.3) is 0 Å². The summed E-state index contributed by atoms with van der Waals surface area (Å²) in [7, 11) is 0. The summed E-state index contributed by atoms with van der Waals surface area (Å²) < 4.78 is 0. The van der Waals surface area contributed by atoms with E-state index in [2.05, 4.69) is 30.9 Å². The van der Waals surface area contributed by atoms with Crippen LogP contribution in [0.5, 0.6) is 0 Å². The van der Waals surface area contributed by atoms with Crippen LogP contribution in [-0.2, 0) is 16.1 Å². The van der Waals surface area contributed by atoms with Crippen LogP contribution in [0.1, 0.15) is 37.7 Å². The van der Waals surface area contributed by atoms with Gasteiger partial charge in [0.05, 0.1) is 0 Å². The zero-order valence-corrected chi connectivity index (χ0v) is 18.1. The lowest BCUT2D eigenvalue weighted by atomic mass is 9.96. The van der Waals surface area contributed by atoms with Crippen LogP contribution in [0.15, 0.2) is 30.3 Å². The second kappa shape index (κ2) is 10.3. The Morgan fingerprint density at radius 3 is 2.56 bits per heavy atom. The van der Waals surface area contributed by atoms with Crippen LogP contribution in [-0.4, -0.2) is 52.4 Å². The van der Waals surface area contributed by atoms with Gasteiger partial charge in [0.2, 0.25) is 29.7 Å². The highest BCUT2D eigenvalue weighted by atomic mass is 16.2. The smallest absolute Gasteiger partial charge is 0.242 e. The Kier molecular flexibility index (Phi) is 6.98. The number of rotatable bonds is 7. The second-order valence-electron chi connectivity index (χ2n) is 8.27. The molecule has 0 saturated carbocycles. The molecular weight excluding hydrogens is 408 g/mol. The van der Waals surface area contributed by atoms with Gasteiger partial charge in [-0.3, -0.25) is 9.59 Å². The third kappa shape index (κ3) is 5.63. The molecule has 10 nitrogen and oxygen atoms in total. The lowest BCUT2D eigenvalue weighted by Crippen LogP contribution is -2.40. The highest BCUT2D eigenvalue weighted by Gasteiger charge is 2.26. The van der Waals surface area contributed by atoms with E-state index in [-0.39, 0.29) is 23.8 Å². The molecule has 2 aromatic rings. The number of aromatic nitrogens is 3. The van der Waals surface area contributed by atoms with Crippen molar-refractivity contribution in [2.75, 3.05) is 35.2 Å². The number of carbonyl (C=O) groups is 2. The number of nitrogens with one attached hydrogen (secondary N) is 3. The lowest BCUT2D eigenvalue weighted by molar-refractivity contribution is -0.122. The summed E-state index contributed by atoms with van der Waals surface area (Å²) in [4.78, 5) is 39.7. The number of nitrogens with zero attached hydrogens (tertiary/aromatic N) is 4. The molecule has 10 heteroatoms. The van der Waals surface area contributed by atoms with E-state index in [1.807, 2.05) is 35.2 Å². The Balaban J connectivity index is 1.53. The maximum Gasteiger partial charge on any atom is 0.242 e. The Hall–Kier alpha value is -3.43. The van der Waals surface area contributed by atoms with Crippen LogP contribution in [0.3, 0.4) is 0 Å². The highest BCUT2D eigenvalue weighted by Crippen LogP contribution is 2.23. The Labute approximate surface area is 187 Å². The molecule has 170 valence electrons. The topological polar surface area (TPSA) is 138 Å². The first kappa shape index (κ1) is 21.8. The van der Waals surface area contributed by atoms with Gasteiger partial charge < -0.3 is 26.6 Å². The predicted octanol–water partition coefficient (Wildman–Crippen LogP) is 1.27. The van der Waals surface area contributed by atoms with Crippen molar-refractivity contribution in [2.45, 2.75) is 44.7 Å². The first-order valence-electron chi connectivity index (χ1n) is 11.2. The molecule has 2 amide bonds. The van der Waals surface area contributed by atoms with E-state index in [0.29, 0.717) is 56.9 Å². The van der Waals surface area contributed by atoms with E-state index in [0.717, 1.165) is 24.8 Å². The Morgan fingerprint density at radius 1 is 1.06 bits per heavy atom. The van der Waals surface area contributed by atoms with Crippen molar-refractivity contribution < 1.29 is 9.59 Å². The maximum absolute atomic E-state index is 12.4. The van der Waals surface area contributed by atoms with Crippen molar-refractivity contribution in [3.63, 3.8) is 0 Å². The fraction of sp³-hybridized carbons (Fsp3) is 0.500. The lowest BCUT2D eigenvalue weighted by Gasteiger charge is -2.30. The number of piperidine rings is 1. The average Bonchev–Trinajstić information content (AvgIpc) is 3.02. The second-order valence-corrected chi connectivity index (χ2v) is 8.27. The van der Waals surface area contributed by atoms with Gasteiger partial charge in [-0.25, -0.2) is 0 Å². The molecule has 2 saturated heterocycles. The molecule has 1 atom stereocenters. The molecule has 0 aliphatic carbocycles. The number of carbonyl (C=O) groups excluding carboxylic acids is 2. The molecule has 0 spiro atoms. The van der Waals surface area contributed by atoms with Gasteiger partial charge in [-0.15, -0.1) is 0 Å². The van der Waals surface area contributed by atoms with Gasteiger partial charge in [0.25, 0.3) is 0 Å². The minimum absolute atomic E-state index is 0.0365. The molecule has 5 N–H and O–H groups in total. The van der Waals surface area contributed by atoms with E-state index < -0.39 is 0 Å². The van der Waals surface area contributed by atoms with E-state index in [4.69, 9.17) is 5.73 Å². The summed E-state index contributed by atoms with van der Waals surface area (Å²) in [5.41, 5.74) is 6.57. The molecule has 4 rings (SSSR count). The van der Waals surface area contributed by atoms with Gasteiger partial charge in [-0.2, -0.15) is 15.0 Å². The van der Waals surface area contributed by atoms with Gasteiger partial charge in [-0.1, -0.05) is 30.3 Å². The molecule has 3 heterocycles. The van der Waals surface area contributed by atoms with Crippen molar-refractivity contribution in [3.05, 3.63) is 35.9 Å². The fourth-order valence-corrected chi connectivity index (χ4v) is 4.02. The minimum Gasteiger partial charge on any atom is -0.369 e. The normalized spacial score (nSPS) is 19.7. The summed E-state index contributed by atoms with van der Waals surface area (Å²) in [5, 5.41) is 9.39. The monoisotopic (exact) mass is 438 g/mol. The highest BCUT2D eigenvalue weighted by molar-refractivity contribution is 5.84. The third-order valence-electron chi connectivity index (χ3n) is 5.94.